The molecule has 62 valence electrons. The molecule has 0 aromatic carbocycles. The number of rotatable bonds is 0. The van der Waals surface area contributed by atoms with Crippen LogP contribution >= 0.6 is 0 Å². The standard InChI is InChI=1S/C10H11NO/c1-8-7-9(12)10(2)5-3-4-6-11(8)10/h3-7H,1-2H3. The van der Waals surface area contributed by atoms with Crippen molar-refractivity contribution in [3.8, 4) is 0 Å². The Morgan fingerprint density at radius 2 is 2.17 bits per heavy atom. The van der Waals surface area contributed by atoms with Gasteiger partial charge in [0.2, 0.25) is 0 Å². The summed E-state index contributed by atoms with van der Waals surface area (Å²) in [5.74, 6) is 0.167. The molecule has 0 bridgehead atoms. The molecule has 2 heteroatoms. The lowest BCUT2D eigenvalue weighted by molar-refractivity contribution is -0.119. The quantitative estimate of drug-likeness (QED) is 0.538. The second-order valence-corrected chi connectivity index (χ2v) is 3.37. The van der Waals surface area contributed by atoms with Crippen LogP contribution in [0.15, 0.2) is 36.2 Å². The van der Waals surface area contributed by atoms with Crippen LogP contribution in [0.1, 0.15) is 13.8 Å². The van der Waals surface area contributed by atoms with Crippen molar-refractivity contribution in [1.29, 1.82) is 0 Å². The van der Waals surface area contributed by atoms with E-state index in [4.69, 9.17) is 0 Å². The number of ketones is 1. The molecular weight excluding hydrogens is 150 g/mol. The molecule has 2 aliphatic rings. The second kappa shape index (κ2) is 2.09. The smallest absolute Gasteiger partial charge is 0.186 e. The molecule has 0 aromatic rings. The van der Waals surface area contributed by atoms with Gasteiger partial charge in [0.05, 0.1) is 0 Å². The summed E-state index contributed by atoms with van der Waals surface area (Å²) in [4.78, 5) is 13.5. The summed E-state index contributed by atoms with van der Waals surface area (Å²) in [7, 11) is 0. The fourth-order valence-electron chi connectivity index (χ4n) is 1.70. The maximum atomic E-state index is 11.5. The zero-order chi connectivity index (χ0) is 8.77. The van der Waals surface area contributed by atoms with Crippen molar-refractivity contribution in [1.82, 2.24) is 4.90 Å². The SMILES string of the molecule is CC1=CC(=O)C2(C)C=CC=CN12. The normalized spacial score (nSPS) is 32.3. The van der Waals surface area contributed by atoms with Crippen LogP contribution in [0.2, 0.25) is 0 Å². The molecule has 1 atom stereocenters. The van der Waals surface area contributed by atoms with Gasteiger partial charge in [-0.3, -0.25) is 4.79 Å². The van der Waals surface area contributed by atoms with E-state index in [0.717, 1.165) is 5.70 Å². The molecule has 0 saturated carbocycles. The molecule has 12 heavy (non-hydrogen) atoms. The molecule has 0 fully saturated rings. The zero-order valence-electron chi connectivity index (χ0n) is 7.24. The van der Waals surface area contributed by atoms with E-state index in [1.165, 1.54) is 0 Å². The maximum absolute atomic E-state index is 11.5. The highest BCUT2D eigenvalue weighted by Gasteiger charge is 2.40. The first kappa shape index (κ1) is 7.35. The number of carbonyl (C=O) groups is 1. The largest absolute Gasteiger partial charge is 0.335 e. The first-order chi connectivity index (χ1) is 5.64. The van der Waals surface area contributed by atoms with Crippen LogP contribution in [0.25, 0.3) is 0 Å². The average Bonchev–Trinajstić information content (AvgIpc) is 2.25. The summed E-state index contributed by atoms with van der Waals surface area (Å²) in [6.45, 7) is 3.88. The molecule has 0 aliphatic carbocycles. The fourth-order valence-corrected chi connectivity index (χ4v) is 1.70. The van der Waals surface area contributed by atoms with Crippen molar-refractivity contribution in [2.45, 2.75) is 19.4 Å². The molecule has 0 amide bonds. The number of nitrogens with zero attached hydrogens (tertiary/aromatic N) is 1. The predicted octanol–water partition coefficient (Wildman–Crippen LogP) is 1.62. The van der Waals surface area contributed by atoms with E-state index >= 15 is 0 Å². The van der Waals surface area contributed by atoms with Gasteiger partial charge in [0.15, 0.2) is 5.78 Å². The van der Waals surface area contributed by atoms with Crippen molar-refractivity contribution >= 4 is 5.78 Å². The Kier molecular flexibility index (Phi) is 1.28. The van der Waals surface area contributed by atoms with Gasteiger partial charge in [0.25, 0.3) is 0 Å². The van der Waals surface area contributed by atoms with Gasteiger partial charge in [0.1, 0.15) is 5.54 Å². The number of hydrogen-bond donors (Lipinski definition) is 0. The number of allylic oxidation sites excluding steroid dienone is 3. The summed E-state index contributed by atoms with van der Waals surface area (Å²) in [5.41, 5.74) is 0.571. The van der Waals surface area contributed by atoms with Gasteiger partial charge in [-0.1, -0.05) is 12.2 Å². The van der Waals surface area contributed by atoms with Crippen molar-refractivity contribution in [3.05, 3.63) is 36.2 Å². The third-order valence-electron chi connectivity index (χ3n) is 2.49. The summed E-state index contributed by atoms with van der Waals surface area (Å²) in [6, 6.07) is 0. The predicted molar refractivity (Wildman–Crippen MR) is 47.3 cm³/mol. The first-order valence-corrected chi connectivity index (χ1v) is 4.03. The third-order valence-corrected chi connectivity index (χ3v) is 2.49. The second-order valence-electron chi connectivity index (χ2n) is 3.37. The zero-order valence-corrected chi connectivity index (χ0v) is 7.24. The fraction of sp³-hybridized carbons (Fsp3) is 0.300. The van der Waals surface area contributed by atoms with Gasteiger partial charge in [-0.05, 0) is 19.9 Å². The van der Waals surface area contributed by atoms with E-state index in [9.17, 15) is 4.79 Å². The molecule has 1 unspecified atom stereocenters. The highest BCUT2D eigenvalue weighted by Crippen LogP contribution is 2.32. The van der Waals surface area contributed by atoms with Crippen LogP contribution in [0.4, 0.5) is 0 Å². The lowest BCUT2D eigenvalue weighted by Gasteiger charge is -2.33. The lowest BCUT2D eigenvalue weighted by Crippen LogP contribution is -2.42. The Morgan fingerprint density at radius 3 is 2.83 bits per heavy atom. The minimum atomic E-state index is -0.446. The van der Waals surface area contributed by atoms with E-state index in [-0.39, 0.29) is 5.78 Å². The number of hydrogen-bond acceptors (Lipinski definition) is 2. The van der Waals surface area contributed by atoms with Gasteiger partial charge in [-0.2, -0.15) is 0 Å². The molecule has 2 aliphatic heterocycles. The first-order valence-electron chi connectivity index (χ1n) is 4.03. The summed E-state index contributed by atoms with van der Waals surface area (Å²) >= 11 is 0. The lowest BCUT2D eigenvalue weighted by atomic mass is 9.95. The van der Waals surface area contributed by atoms with Gasteiger partial charge in [-0.25, -0.2) is 0 Å². The van der Waals surface area contributed by atoms with E-state index in [0.29, 0.717) is 0 Å². The van der Waals surface area contributed by atoms with Crippen molar-refractivity contribution in [3.63, 3.8) is 0 Å². The minimum Gasteiger partial charge on any atom is -0.335 e. The summed E-state index contributed by atoms with van der Waals surface area (Å²) in [6.07, 6.45) is 9.43. The molecule has 2 nitrogen and oxygen atoms in total. The summed E-state index contributed by atoms with van der Waals surface area (Å²) < 4.78 is 0. The third kappa shape index (κ3) is 0.721. The monoisotopic (exact) mass is 161 g/mol. The Balaban J connectivity index is 2.50. The molecule has 0 aromatic heterocycles. The van der Waals surface area contributed by atoms with Crippen molar-refractivity contribution in [2.75, 3.05) is 0 Å². The Labute approximate surface area is 71.9 Å². The Morgan fingerprint density at radius 1 is 1.42 bits per heavy atom. The average molecular weight is 161 g/mol. The molecule has 0 N–H and O–H groups in total. The van der Waals surface area contributed by atoms with Crippen LogP contribution in [0, 0.1) is 0 Å². The molecule has 2 rings (SSSR count). The van der Waals surface area contributed by atoms with Gasteiger partial charge in [0, 0.05) is 18.0 Å². The van der Waals surface area contributed by atoms with E-state index in [1.54, 1.807) is 6.08 Å². The molecular formula is C10H11NO. The molecule has 2 heterocycles. The van der Waals surface area contributed by atoms with E-state index in [2.05, 4.69) is 0 Å². The van der Waals surface area contributed by atoms with Crippen LogP contribution in [0.3, 0.4) is 0 Å². The van der Waals surface area contributed by atoms with Crippen LogP contribution < -0.4 is 0 Å². The van der Waals surface area contributed by atoms with Gasteiger partial charge < -0.3 is 4.90 Å². The van der Waals surface area contributed by atoms with Gasteiger partial charge in [-0.15, -0.1) is 0 Å². The van der Waals surface area contributed by atoms with Crippen LogP contribution in [-0.4, -0.2) is 16.2 Å². The van der Waals surface area contributed by atoms with Crippen LogP contribution in [-0.2, 0) is 4.79 Å². The van der Waals surface area contributed by atoms with Crippen molar-refractivity contribution in [2.24, 2.45) is 0 Å². The van der Waals surface area contributed by atoms with Crippen LogP contribution in [0.5, 0.6) is 0 Å². The highest BCUT2D eigenvalue weighted by atomic mass is 16.1. The van der Waals surface area contributed by atoms with Gasteiger partial charge >= 0.3 is 0 Å². The maximum Gasteiger partial charge on any atom is 0.186 e. The topological polar surface area (TPSA) is 20.3 Å². The van der Waals surface area contributed by atoms with Crippen molar-refractivity contribution < 1.29 is 4.79 Å². The Hall–Kier alpha value is -1.31. The number of fused-ring (bicyclic) bond motifs is 1. The van der Waals surface area contributed by atoms with E-state index in [1.807, 2.05) is 43.2 Å². The molecule has 0 radical (unpaired) electrons. The molecule has 0 saturated heterocycles. The highest BCUT2D eigenvalue weighted by molar-refractivity contribution is 6.02. The molecule has 0 spiro atoms. The minimum absolute atomic E-state index is 0.167. The summed E-state index contributed by atoms with van der Waals surface area (Å²) in [5, 5.41) is 0. The Bertz CT molecular complexity index is 325. The number of carbonyl (C=O) groups excluding carboxylic acids is 1. The van der Waals surface area contributed by atoms with E-state index < -0.39 is 5.54 Å².